The third kappa shape index (κ3) is 6.59. The lowest BCUT2D eigenvalue weighted by Crippen LogP contribution is -2.14. The summed E-state index contributed by atoms with van der Waals surface area (Å²) in [5.41, 5.74) is 18.2. The van der Waals surface area contributed by atoms with Crippen LogP contribution in [0, 0.1) is 6.57 Å². The summed E-state index contributed by atoms with van der Waals surface area (Å²) in [6.45, 7) is 12.4. The van der Waals surface area contributed by atoms with Gasteiger partial charge in [0, 0.05) is 39.4 Å². The summed E-state index contributed by atoms with van der Waals surface area (Å²) in [6, 6.07) is 65.4. The van der Waals surface area contributed by atoms with Crippen molar-refractivity contribution in [1.29, 1.82) is 0 Å². The van der Waals surface area contributed by atoms with Crippen molar-refractivity contribution in [3.8, 4) is 89.7 Å². The van der Waals surface area contributed by atoms with Crippen molar-refractivity contribution < 1.29 is 0 Å². The molecule has 0 aliphatic heterocycles. The molecule has 10 rings (SSSR count). The number of benzene rings is 7. The highest BCUT2D eigenvalue weighted by atomic mass is 14.9. The molecule has 2 aromatic heterocycles. The Hall–Kier alpha value is -7.74. The second-order valence-corrected chi connectivity index (χ2v) is 15.6. The second kappa shape index (κ2) is 14.6. The van der Waals surface area contributed by atoms with E-state index in [1.807, 2.05) is 60.8 Å². The molecular weight excluding hydrogens is 717 g/mol. The van der Waals surface area contributed by atoms with Gasteiger partial charge in [-0.25, -0.2) is 14.8 Å². The van der Waals surface area contributed by atoms with Crippen molar-refractivity contribution in [3.05, 3.63) is 217 Å². The molecule has 0 amide bonds. The molecular formula is C55H38N4. The highest BCUT2D eigenvalue weighted by Crippen LogP contribution is 2.53. The molecule has 0 saturated heterocycles. The van der Waals surface area contributed by atoms with Crippen LogP contribution in [0.2, 0.25) is 0 Å². The van der Waals surface area contributed by atoms with Gasteiger partial charge in [-0.15, -0.1) is 0 Å². The zero-order valence-electron chi connectivity index (χ0n) is 32.8. The normalized spacial score (nSPS) is 12.4. The predicted octanol–water partition coefficient (Wildman–Crippen LogP) is 14.4. The van der Waals surface area contributed by atoms with E-state index in [0.717, 1.165) is 78.3 Å². The van der Waals surface area contributed by atoms with E-state index in [4.69, 9.17) is 21.5 Å². The van der Waals surface area contributed by atoms with E-state index in [2.05, 4.69) is 152 Å². The highest BCUT2D eigenvalue weighted by molar-refractivity contribution is 5.92. The Morgan fingerprint density at radius 3 is 1.61 bits per heavy atom. The molecule has 0 fully saturated rings. The van der Waals surface area contributed by atoms with E-state index < -0.39 is 0 Å². The fraction of sp³-hybridized carbons (Fsp3) is 0.0545. The number of rotatable bonds is 7. The SMILES string of the molecule is [C-]#[N+]c1cccc2c1-c1ccc(-c3cc(-c4ccc(-c5ccccc5)nc4)cc(-c4cc(-c5ccc(-c6ccccc6)cc5)nc(-c5ccccc5)n4)c3)cc1C2(C)C. The average molecular weight is 755 g/mol. The van der Waals surface area contributed by atoms with Crippen LogP contribution < -0.4 is 0 Å². The third-order valence-electron chi connectivity index (χ3n) is 11.6. The van der Waals surface area contributed by atoms with Crippen LogP contribution in [0.25, 0.3) is 94.5 Å². The fourth-order valence-electron chi connectivity index (χ4n) is 8.42. The molecule has 1 aliphatic rings. The molecule has 7 aromatic carbocycles. The Morgan fingerprint density at radius 1 is 0.407 bits per heavy atom. The maximum atomic E-state index is 7.93. The van der Waals surface area contributed by atoms with Gasteiger partial charge in [0.2, 0.25) is 0 Å². The van der Waals surface area contributed by atoms with Crippen LogP contribution in [0.4, 0.5) is 5.69 Å². The van der Waals surface area contributed by atoms with Crippen molar-refractivity contribution in [2.75, 3.05) is 0 Å². The molecule has 4 heteroatoms. The van der Waals surface area contributed by atoms with E-state index in [9.17, 15) is 0 Å². The van der Waals surface area contributed by atoms with Gasteiger partial charge in [0.15, 0.2) is 11.5 Å². The van der Waals surface area contributed by atoms with Gasteiger partial charge in [0.05, 0.1) is 23.7 Å². The summed E-state index contributed by atoms with van der Waals surface area (Å²) < 4.78 is 0. The van der Waals surface area contributed by atoms with Gasteiger partial charge in [-0.3, -0.25) is 4.98 Å². The van der Waals surface area contributed by atoms with Gasteiger partial charge in [-0.2, -0.15) is 0 Å². The van der Waals surface area contributed by atoms with Gasteiger partial charge in [-0.05, 0) is 86.5 Å². The zero-order chi connectivity index (χ0) is 39.9. The quantitative estimate of drug-likeness (QED) is 0.152. The summed E-state index contributed by atoms with van der Waals surface area (Å²) in [6.07, 6.45) is 1.97. The van der Waals surface area contributed by atoms with Crippen molar-refractivity contribution >= 4 is 5.69 Å². The second-order valence-electron chi connectivity index (χ2n) is 15.6. The van der Waals surface area contributed by atoms with E-state index in [1.54, 1.807) is 0 Å². The predicted molar refractivity (Wildman–Crippen MR) is 242 cm³/mol. The van der Waals surface area contributed by atoms with Gasteiger partial charge in [0.1, 0.15) is 0 Å². The van der Waals surface area contributed by atoms with Gasteiger partial charge < -0.3 is 0 Å². The molecule has 0 spiro atoms. The zero-order valence-corrected chi connectivity index (χ0v) is 32.8. The summed E-state index contributed by atoms with van der Waals surface area (Å²) in [7, 11) is 0. The standard InChI is InChI=1S/C55H38N4/c1-55(2)47-20-13-21-50(56-3)53(47)46-28-26-41(33-48(46)55)43-30-44(42-27-29-49(57-35-42)38-16-9-5-10-17-38)32-45(31-43)52-34-51(58-54(59-52)40-18-11-6-12-19-40)39-24-22-37(23-25-39)36-14-7-4-8-15-36/h4-35H,1-2H3. The molecule has 0 saturated carbocycles. The number of hydrogen-bond acceptors (Lipinski definition) is 3. The first-order chi connectivity index (χ1) is 28.9. The Kier molecular flexibility index (Phi) is 8.85. The topological polar surface area (TPSA) is 43.0 Å². The van der Waals surface area contributed by atoms with Crippen LogP contribution in [-0.4, -0.2) is 15.0 Å². The summed E-state index contributed by atoms with van der Waals surface area (Å²) in [5, 5.41) is 0. The van der Waals surface area contributed by atoms with Crippen LogP contribution in [0.1, 0.15) is 25.0 Å². The molecule has 4 nitrogen and oxygen atoms in total. The minimum absolute atomic E-state index is 0.263. The van der Waals surface area contributed by atoms with Crippen molar-refractivity contribution in [2.45, 2.75) is 19.3 Å². The Bertz CT molecular complexity index is 3040. The smallest absolute Gasteiger partial charge is 0.195 e. The summed E-state index contributed by atoms with van der Waals surface area (Å²) >= 11 is 0. The molecule has 1 aliphatic carbocycles. The van der Waals surface area contributed by atoms with Crippen molar-refractivity contribution in [2.24, 2.45) is 0 Å². The number of fused-ring (bicyclic) bond motifs is 3. The van der Waals surface area contributed by atoms with E-state index in [-0.39, 0.29) is 5.41 Å². The Morgan fingerprint density at radius 2 is 0.949 bits per heavy atom. The van der Waals surface area contributed by atoms with Crippen LogP contribution >= 0.6 is 0 Å². The molecule has 2 heterocycles. The minimum Gasteiger partial charge on any atom is -0.256 e. The average Bonchev–Trinajstić information content (AvgIpc) is 3.55. The molecule has 0 bridgehead atoms. The van der Waals surface area contributed by atoms with Crippen LogP contribution in [-0.2, 0) is 5.41 Å². The first-order valence-corrected chi connectivity index (χ1v) is 19.9. The molecule has 0 unspecified atom stereocenters. The van der Waals surface area contributed by atoms with Crippen LogP contribution in [0.15, 0.2) is 194 Å². The van der Waals surface area contributed by atoms with Gasteiger partial charge >= 0.3 is 0 Å². The Labute approximate surface area is 345 Å². The molecule has 59 heavy (non-hydrogen) atoms. The van der Waals surface area contributed by atoms with E-state index >= 15 is 0 Å². The summed E-state index contributed by atoms with van der Waals surface area (Å²) in [4.78, 5) is 19.2. The molecule has 9 aromatic rings. The molecule has 0 atom stereocenters. The fourth-order valence-corrected chi connectivity index (χ4v) is 8.42. The molecule has 278 valence electrons. The number of pyridine rings is 1. The monoisotopic (exact) mass is 754 g/mol. The molecule has 0 radical (unpaired) electrons. The van der Waals surface area contributed by atoms with E-state index in [1.165, 1.54) is 16.7 Å². The van der Waals surface area contributed by atoms with Crippen LogP contribution in [0.3, 0.4) is 0 Å². The number of nitrogens with zero attached hydrogens (tertiary/aromatic N) is 4. The minimum atomic E-state index is -0.263. The lowest BCUT2D eigenvalue weighted by Gasteiger charge is -2.22. The largest absolute Gasteiger partial charge is 0.256 e. The molecule has 0 N–H and O–H groups in total. The maximum Gasteiger partial charge on any atom is 0.195 e. The van der Waals surface area contributed by atoms with E-state index in [0.29, 0.717) is 11.5 Å². The number of aromatic nitrogens is 3. The third-order valence-corrected chi connectivity index (χ3v) is 11.6. The highest BCUT2D eigenvalue weighted by Gasteiger charge is 2.36. The van der Waals surface area contributed by atoms with Gasteiger partial charge in [-0.1, -0.05) is 166 Å². The number of hydrogen-bond donors (Lipinski definition) is 0. The maximum absolute atomic E-state index is 7.93. The van der Waals surface area contributed by atoms with Crippen LogP contribution in [0.5, 0.6) is 0 Å². The first kappa shape index (κ1) is 35.7. The van der Waals surface area contributed by atoms with Crippen molar-refractivity contribution in [3.63, 3.8) is 0 Å². The van der Waals surface area contributed by atoms with Gasteiger partial charge in [0.25, 0.3) is 0 Å². The first-order valence-electron chi connectivity index (χ1n) is 19.9. The Balaban J connectivity index is 1.14. The summed E-state index contributed by atoms with van der Waals surface area (Å²) in [5.74, 6) is 0.665. The van der Waals surface area contributed by atoms with Crippen molar-refractivity contribution in [1.82, 2.24) is 15.0 Å². The lowest BCUT2D eigenvalue weighted by molar-refractivity contribution is 0.661. The lowest BCUT2D eigenvalue weighted by atomic mass is 9.81.